The van der Waals surface area contributed by atoms with Crippen molar-refractivity contribution < 1.29 is 0 Å². The number of anilines is 1. The lowest BCUT2D eigenvalue weighted by molar-refractivity contribution is 0.0717. The summed E-state index contributed by atoms with van der Waals surface area (Å²) in [7, 11) is 1.92. The third-order valence-electron chi connectivity index (χ3n) is 5.33. The van der Waals surface area contributed by atoms with E-state index in [1.165, 1.54) is 38.8 Å². The van der Waals surface area contributed by atoms with E-state index in [-0.39, 0.29) is 0 Å². The molecular formula is C17H24N6. The second kappa shape index (κ2) is 5.60. The Balaban J connectivity index is 1.39. The molecule has 3 heterocycles. The number of rotatable bonds is 3. The summed E-state index contributed by atoms with van der Waals surface area (Å²) in [6.45, 7) is 4.34. The first kappa shape index (κ1) is 14.6. The zero-order valence-corrected chi connectivity index (χ0v) is 13.8. The second-order valence-electron chi connectivity index (χ2n) is 7.11. The minimum atomic E-state index is 0.549. The molecule has 23 heavy (non-hydrogen) atoms. The Kier molecular flexibility index (Phi) is 3.56. The van der Waals surface area contributed by atoms with Crippen LogP contribution in [0.1, 0.15) is 31.4 Å². The van der Waals surface area contributed by atoms with E-state index in [1.54, 1.807) is 0 Å². The Hall–Kier alpha value is -1.95. The fourth-order valence-corrected chi connectivity index (χ4v) is 4.07. The highest BCUT2D eigenvalue weighted by Gasteiger charge is 2.44. The van der Waals surface area contributed by atoms with Gasteiger partial charge in [-0.05, 0) is 63.2 Å². The van der Waals surface area contributed by atoms with Crippen molar-refractivity contribution in [3.05, 3.63) is 24.0 Å². The Morgan fingerprint density at radius 1 is 1.22 bits per heavy atom. The molecule has 1 saturated carbocycles. The van der Waals surface area contributed by atoms with Crippen molar-refractivity contribution in [2.45, 2.75) is 38.6 Å². The summed E-state index contributed by atoms with van der Waals surface area (Å²) in [5.74, 6) is 0.879. The number of hydrogen-bond donors (Lipinski definition) is 2. The molecule has 0 aromatic carbocycles. The molecule has 0 radical (unpaired) electrons. The molecule has 0 amide bonds. The van der Waals surface area contributed by atoms with E-state index >= 15 is 0 Å². The van der Waals surface area contributed by atoms with Gasteiger partial charge in [0.25, 0.3) is 0 Å². The van der Waals surface area contributed by atoms with Crippen LogP contribution in [0.3, 0.4) is 0 Å². The molecule has 6 nitrogen and oxygen atoms in total. The van der Waals surface area contributed by atoms with Gasteiger partial charge >= 0.3 is 0 Å². The summed E-state index contributed by atoms with van der Waals surface area (Å²) in [5, 5.41) is 20.1. The summed E-state index contributed by atoms with van der Waals surface area (Å²) in [6.07, 6.45) is 7.14. The minimum Gasteiger partial charge on any atom is -0.366 e. The fraction of sp³-hybridized carbons (Fsp3) is 0.588. The van der Waals surface area contributed by atoms with Gasteiger partial charge in [-0.2, -0.15) is 5.10 Å². The van der Waals surface area contributed by atoms with Crippen LogP contribution in [0.15, 0.2) is 18.3 Å². The van der Waals surface area contributed by atoms with Gasteiger partial charge in [0, 0.05) is 24.8 Å². The molecule has 1 saturated heterocycles. The van der Waals surface area contributed by atoms with Crippen molar-refractivity contribution in [2.24, 2.45) is 12.5 Å². The molecule has 0 bridgehead atoms. The zero-order valence-electron chi connectivity index (χ0n) is 13.8. The smallest absolute Gasteiger partial charge is 0.148 e. The number of aromatic nitrogens is 4. The summed E-state index contributed by atoms with van der Waals surface area (Å²) in [4.78, 5) is 0. The molecule has 6 heteroatoms. The van der Waals surface area contributed by atoms with Crippen LogP contribution in [-0.2, 0) is 7.05 Å². The predicted octanol–water partition coefficient (Wildman–Crippen LogP) is 2.13. The van der Waals surface area contributed by atoms with E-state index in [1.807, 2.05) is 37.0 Å². The van der Waals surface area contributed by atoms with Gasteiger partial charge in [0.2, 0.25) is 0 Å². The molecule has 1 aliphatic carbocycles. The van der Waals surface area contributed by atoms with E-state index in [4.69, 9.17) is 0 Å². The van der Waals surface area contributed by atoms with Gasteiger partial charge < -0.3 is 10.6 Å². The van der Waals surface area contributed by atoms with Crippen molar-refractivity contribution in [3.63, 3.8) is 0 Å². The number of nitrogens with zero attached hydrogens (tertiary/aromatic N) is 4. The lowest BCUT2D eigenvalue weighted by atomic mass is 9.60. The van der Waals surface area contributed by atoms with Crippen molar-refractivity contribution in [3.8, 4) is 11.3 Å². The lowest BCUT2D eigenvalue weighted by Gasteiger charge is -2.50. The molecule has 2 fully saturated rings. The molecule has 1 aliphatic heterocycles. The van der Waals surface area contributed by atoms with Gasteiger partial charge in [-0.3, -0.25) is 4.68 Å². The van der Waals surface area contributed by atoms with E-state index in [0.29, 0.717) is 11.5 Å². The van der Waals surface area contributed by atoms with Gasteiger partial charge in [-0.25, -0.2) is 0 Å². The van der Waals surface area contributed by atoms with Crippen LogP contribution in [0.4, 0.5) is 5.82 Å². The van der Waals surface area contributed by atoms with Gasteiger partial charge in [0.05, 0.1) is 11.4 Å². The van der Waals surface area contributed by atoms with Crippen LogP contribution >= 0.6 is 0 Å². The molecule has 2 aliphatic rings. The summed E-state index contributed by atoms with van der Waals surface area (Å²) in [6, 6.07) is 4.61. The third-order valence-corrected chi connectivity index (χ3v) is 5.33. The summed E-state index contributed by atoms with van der Waals surface area (Å²) in [5.41, 5.74) is 3.49. The Morgan fingerprint density at radius 2 is 2.00 bits per heavy atom. The Labute approximate surface area is 136 Å². The van der Waals surface area contributed by atoms with Crippen LogP contribution in [0.2, 0.25) is 0 Å². The first-order valence-electron chi connectivity index (χ1n) is 8.45. The van der Waals surface area contributed by atoms with Crippen molar-refractivity contribution in [1.82, 2.24) is 25.3 Å². The fourth-order valence-electron chi connectivity index (χ4n) is 4.07. The molecular weight excluding hydrogens is 288 g/mol. The SMILES string of the molecule is Cc1nn(C)cc1-c1ccc(NC2CC3(CCNCC3)C2)nn1. The Morgan fingerprint density at radius 3 is 2.61 bits per heavy atom. The van der Waals surface area contributed by atoms with Gasteiger partial charge in [0.1, 0.15) is 5.82 Å². The molecule has 0 unspecified atom stereocenters. The molecule has 0 atom stereocenters. The van der Waals surface area contributed by atoms with Crippen LogP contribution in [0.25, 0.3) is 11.3 Å². The number of piperidine rings is 1. The maximum absolute atomic E-state index is 4.36. The van der Waals surface area contributed by atoms with Crippen molar-refractivity contribution in [1.29, 1.82) is 0 Å². The van der Waals surface area contributed by atoms with Gasteiger partial charge in [-0.1, -0.05) is 0 Å². The molecule has 2 N–H and O–H groups in total. The number of hydrogen-bond acceptors (Lipinski definition) is 5. The zero-order chi connectivity index (χ0) is 15.9. The second-order valence-corrected chi connectivity index (χ2v) is 7.11. The lowest BCUT2D eigenvalue weighted by Crippen LogP contribution is -2.50. The predicted molar refractivity (Wildman–Crippen MR) is 90.2 cm³/mol. The standard InChI is InChI=1S/C17H24N6/c1-12-14(11-23(2)22-12)15-3-4-16(21-20-15)19-13-9-17(10-13)5-7-18-8-6-17/h3-4,11,13,18H,5-10H2,1-2H3,(H,19,21). The van der Waals surface area contributed by atoms with Crippen molar-refractivity contribution >= 4 is 5.82 Å². The first-order chi connectivity index (χ1) is 11.1. The topological polar surface area (TPSA) is 67.7 Å². The molecule has 4 rings (SSSR count). The molecule has 2 aromatic heterocycles. The highest BCUT2D eigenvalue weighted by atomic mass is 15.3. The van der Waals surface area contributed by atoms with E-state index in [0.717, 1.165) is 22.8 Å². The minimum absolute atomic E-state index is 0.549. The summed E-state index contributed by atoms with van der Waals surface area (Å²) >= 11 is 0. The van der Waals surface area contributed by atoms with Gasteiger partial charge in [0.15, 0.2) is 0 Å². The Bertz CT molecular complexity index is 676. The molecule has 2 aromatic rings. The maximum Gasteiger partial charge on any atom is 0.148 e. The normalized spacial score (nSPS) is 20.4. The van der Waals surface area contributed by atoms with E-state index < -0.39 is 0 Å². The number of nitrogens with one attached hydrogen (secondary N) is 2. The highest BCUT2D eigenvalue weighted by molar-refractivity contribution is 5.61. The average molecular weight is 312 g/mol. The quantitative estimate of drug-likeness (QED) is 0.909. The summed E-state index contributed by atoms with van der Waals surface area (Å²) < 4.78 is 1.81. The monoisotopic (exact) mass is 312 g/mol. The van der Waals surface area contributed by atoms with Crippen LogP contribution in [0, 0.1) is 12.3 Å². The van der Waals surface area contributed by atoms with Crippen molar-refractivity contribution in [2.75, 3.05) is 18.4 Å². The van der Waals surface area contributed by atoms with Crippen LogP contribution in [-0.4, -0.2) is 39.1 Å². The third kappa shape index (κ3) is 2.83. The molecule has 122 valence electrons. The average Bonchev–Trinajstić information content (AvgIpc) is 2.86. The van der Waals surface area contributed by atoms with Gasteiger partial charge in [-0.15, -0.1) is 10.2 Å². The molecule has 1 spiro atoms. The van der Waals surface area contributed by atoms with E-state index in [2.05, 4.69) is 25.9 Å². The van der Waals surface area contributed by atoms with Crippen LogP contribution in [0.5, 0.6) is 0 Å². The van der Waals surface area contributed by atoms with Crippen LogP contribution < -0.4 is 10.6 Å². The van der Waals surface area contributed by atoms with E-state index in [9.17, 15) is 0 Å². The number of aryl methyl sites for hydroxylation is 2. The first-order valence-corrected chi connectivity index (χ1v) is 8.45. The highest BCUT2D eigenvalue weighted by Crippen LogP contribution is 2.48. The maximum atomic E-state index is 4.36. The largest absolute Gasteiger partial charge is 0.366 e.